The lowest BCUT2D eigenvalue weighted by atomic mass is 9.97. The quantitative estimate of drug-likeness (QED) is 0.936. The second-order valence-corrected chi connectivity index (χ2v) is 5.12. The Labute approximate surface area is 124 Å². The van der Waals surface area contributed by atoms with E-state index in [9.17, 15) is 0 Å². The fourth-order valence-electron chi connectivity index (χ4n) is 2.51. The summed E-state index contributed by atoms with van der Waals surface area (Å²) in [7, 11) is 0. The third kappa shape index (κ3) is 2.69. The number of ether oxygens (including phenoxy) is 2. The standard InChI is InChI=1S/C16H19N3O2/c1-3-13-12(8-10(2)18-19-13)16(17)11-4-5-14-15(9-11)21-7-6-20-14/h4-5,8-9,16H,3,6-7,17H2,1-2H3. The molecule has 1 atom stereocenters. The largest absolute Gasteiger partial charge is 0.486 e. The van der Waals surface area contributed by atoms with Crippen LogP contribution in [0.25, 0.3) is 0 Å². The van der Waals surface area contributed by atoms with Crippen molar-refractivity contribution in [2.24, 2.45) is 5.73 Å². The van der Waals surface area contributed by atoms with E-state index in [0.29, 0.717) is 13.2 Å². The van der Waals surface area contributed by atoms with Crippen LogP contribution < -0.4 is 15.2 Å². The van der Waals surface area contributed by atoms with Crippen molar-refractivity contribution in [2.45, 2.75) is 26.3 Å². The van der Waals surface area contributed by atoms with Crippen LogP contribution in [0.3, 0.4) is 0 Å². The highest BCUT2D eigenvalue weighted by molar-refractivity contribution is 5.47. The third-order valence-corrected chi connectivity index (χ3v) is 3.62. The van der Waals surface area contributed by atoms with E-state index in [-0.39, 0.29) is 6.04 Å². The summed E-state index contributed by atoms with van der Waals surface area (Å²) in [4.78, 5) is 0. The molecular formula is C16H19N3O2. The molecule has 0 bridgehead atoms. The summed E-state index contributed by atoms with van der Waals surface area (Å²) >= 11 is 0. The van der Waals surface area contributed by atoms with Crippen LogP contribution in [0.1, 0.15) is 35.5 Å². The molecule has 110 valence electrons. The van der Waals surface area contributed by atoms with E-state index in [4.69, 9.17) is 15.2 Å². The normalized spacial score (nSPS) is 14.8. The number of aryl methyl sites for hydroxylation is 2. The van der Waals surface area contributed by atoms with E-state index in [1.807, 2.05) is 31.2 Å². The highest BCUT2D eigenvalue weighted by Gasteiger charge is 2.18. The zero-order chi connectivity index (χ0) is 14.8. The van der Waals surface area contributed by atoms with Crippen LogP contribution in [0.2, 0.25) is 0 Å². The number of hydrogen-bond acceptors (Lipinski definition) is 5. The van der Waals surface area contributed by atoms with Gasteiger partial charge in [-0.2, -0.15) is 10.2 Å². The van der Waals surface area contributed by atoms with Gasteiger partial charge in [0.25, 0.3) is 0 Å². The molecule has 0 amide bonds. The number of nitrogens with two attached hydrogens (primary N) is 1. The number of rotatable bonds is 3. The van der Waals surface area contributed by atoms with Crippen molar-refractivity contribution < 1.29 is 9.47 Å². The molecule has 5 nitrogen and oxygen atoms in total. The van der Waals surface area contributed by atoms with Crippen molar-refractivity contribution >= 4 is 0 Å². The molecule has 2 heterocycles. The smallest absolute Gasteiger partial charge is 0.161 e. The molecule has 1 aliphatic heterocycles. The van der Waals surface area contributed by atoms with Gasteiger partial charge in [0, 0.05) is 0 Å². The molecule has 5 heteroatoms. The first-order chi connectivity index (χ1) is 10.2. The van der Waals surface area contributed by atoms with Gasteiger partial charge in [-0.3, -0.25) is 0 Å². The molecule has 3 rings (SSSR count). The Morgan fingerprint density at radius 1 is 1.14 bits per heavy atom. The van der Waals surface area contributed by atoms with Crippen LogP contribution in [0.5, 0.6) is 11.5 Å². The maximum atomic E-state index is 6.43. The molecule has 0 aliphatic carbocycles. The highest BCUT2D eigenvalue weighted by Crippen LogP contribution is 2.34. The number of nitrogens with zero attached hydrogens (tertiary/aromatic N) is 2. The van der Waals surface area contributed by atoms with Crippen LogP contribution in [0.15, 0.2) is 24.3 Å². The molecule has 1 aliphatic rings. The van der Waals surface area contributed by atoms with Crippen molar-refractivity contribution in [2.75, 3.05) is 13.2 Å². The van der Waals surface area contributed by atoms with E-state index >= 15 is 0 Å². The predicted molar refractivity (Wildman–Crippen MR) is 79.6 cm³/mol. The molecule has 1 unspecified atom stereocenters. The first kappa shape index (κ1) is 13.8. The van der Waals surface area contributed by atoms with Crippen LogP contribution >= 0.6 is 0 Å². The average Bonchev–Trinajstić information content (AvgIpc) is 2.53. The maximum absolute atomic E-state index is 6.43. The van der Waals surface area contributed by atoms with Gasteiger partial charge < -0.3 is 15.2 Å². The molecule has 2 aromatic rings. The SMILES string of the molecule is CCc1nnc(C)cc1C(N)c1ccc2c(c1)OCCO2. The first-order valence-corrected chi connectivity index (χ1v) is 7.17. The number of benzene rings is 1. The van der Waals surface area contributed by atoms with E-state index in [2.05, 4.69) is 17.1 Å². The van der Waals surface area contributed by atoms with Crippen LogP contribution in [0.4, 0.5) is 0 Å². The maximum Gasteiger partial charge on any atom is 0.161 e. The minimum Gasteiger partial charge on any atom is -0.486 e. The zero-order valence-electron chi connectivity index (χ0n) is 12.3. The topological polar surface area (TPSA) is 70.3 Å². The second-order valence-electron chi connectivity index (χ2n) is 5.12. The van der Waals surface area contributed by atoms with Gasteiger partial charge in [0.2, 0.25) is 0 Å². The minimum atomic E-state index is -0.245. The lowest BCUT2D eigenvalue weighted by molar-refractivity contribution is 0.171. The van der Waals surface area contributed by atoms with Gasteiger partial charge in [-0.25, -0.2) is 0 Å². The molecule has 1 aromatic carbocycles. The predicted octanol–water partition coefficient (Wildman–Crippen LogP) is 2.17. The van der Waals surface area contributed by atoms with Crippen LogP contribution in [-0.4, -0.2) is 23.4 Å². The van der Waals surface area contributed by atoms with E-state index in [1.54, 1.807) is 0 Å². The average molecular weight is 285 g/mol. The monoisotopic (exact) mass is 285 g/mol. The third-order valence-electron chi connectivity index (χ3n) is 3.62. The van der Waals surface area contributed by atoms with Crippen molar-refractivity contribution in [3.63, 3.8) is 0 Å². The van der Waals surface area contributed by atoms with E-state index in [0.717, 1.165) is 40.4 Å². The Morgan fingerprint density at radius 2 is 1.90 bits per heavy atom. The highest BCUT2D eigenvalue weighted by atomic mass is 16.6. The summed E-state index contributed by atoms with van der Waals surface area (Å²) < 4.78 is 11.2. The van der Waals surface area contributed by atoms with Gasteiger partial charge in [-0.1, -0.05) is 13.0 Å². The summed E-state index contributed by atoms with van der Waals surface area (Å²) in [6.07, 6.45) is 0.806. The molecule has 0 radical (unpaired) electrons. The molecule has 2 N–H and O–H groups in total. The summed E-state index contributed by atoms with van der Waals surface area (Å²) in [5.74, 6) is 1.53. The Hall–Kier alpha value is -2.14. The Balaban J connectivity index is 1.98. The number of aromatic nitrogens is 2. The molecule has 21 heavy (non-hydrogen) atoms. The summed E-state index contributed by atoms with van der Waals surface area (Å²) in [5.41, 5.74) is 10.2. The Bertz CT molecular complexity index is 658. The zero-order valence-corrected chi connectivity index (χ0v) is 12.3. The van der Waals surface area contributed by atoms with Gasteiger partial charge in [0.1, 0.15) is 13.2 Å². The van der Waals surface area contributed by atoms with Gasteiger partial charge >= 0.3 is 0 Å². The van der Waals surface area contributed by atoms with E-state index in [1.165, 1.54) is 0 Å². The van der Waals surface area contributed by atoms with Crippen LogP contribution in [0, 0.1) is 6.92 Å². The van der Waals surface area contributed by atoms with Gasteiger partial charge in [-0.15, -0.1) is 0 Å². The number of hydrogen-bond donors (Lipinski definition) is 1. The molecule has 0 spiro atoms. The van der Waals surface area contributed by atoms with E-state index < -0.39 is 0 Å². The molecule has 0 saturated heterocycles. The lowest BCUT2D eigenvalue weighted by Crippen LogP contribution is -2.18. The van der Waals surface area contributed by atoms with Gasteiger partial charge in [0.05, 0.1) is 17.4 Å². The summed E-state index contributed by atoms with van der Waals surface area (Å²) in [5, 5.41) is 8.35. The molecular weight excluding hydrogens is 266 g/mol. The molecule has 0 fully saturated rings. The second kappa shape index (κ2) is 5.69. The van der Waals surface area contributed by atoms with Gasteiger partial charge in [-0.05, 0) is 42.7 Å². The van der Waals surface area contributed by atoms with Crippen molar-refractivity contribution in [3.05, 3.63) is 46.8 Å². The lowest BCUT2D eigenvalue weighted by Gasteiger charge is -2.21. The fraction of sp³-hybridized carbons (Fsp3) is 0.375. The van der Waals surface area contributed by atoms with Crippen molar-refractivity contribution in [1.29, 1.82) is 0 Å². The van der Waals surface area contributed by atoms with Crippen molar-refractivity contribution in [3.8, 4) is 11.5 Å². The Morgan fingerprint density at radius 3 is 2.67 bits per heavy atom. The summed E-state index contributed by atoms with van der Waals surface area (Å²) in [6, 6.07) is 7.61. The molecule has 0 saturated carbocycles. The van der Waals surface area contributed by atoms with Crippen molar-refractivity contribution in [1.82, 2.24) is 10.2 Å². The van der Waals surface area contributed by atoms with Gasteiger partial charge in [0.15, 0.2) is 11.5 Å². The minimum absolute atomic E-state index is 0.245. The summed E-state index contributed by atoms with van der Waals surface area (Å²) in [6.45, 7) is 5.14. The fourth-order valence-corrected chi connectivity index (χ4v) is 2.51. The Kier molecular flexibility index (Phi) is 3.75. The first-order valence-electron chi connectivity index (χ1n) is 7.17. The van der Waals surface area contributed by atoms with Crippen LogP contribution in [-0.2, 0) is 6.42 Å². The number of fused-ring (bicyclic) bond motifs is 1. The molecule has 1 aromatic heterocycles.